The van der Waals surface area contributed by atoms with Crippen molar-refractivity contribution in [3.05, 3.63) is 59.2 Å². The van der Waals surface area contributed by atoms with Crippen LogP contribution in [0.25, 0.3) is 0 Å². The van der Waals surface area contributed by atoms with Crippen molar-refractivity contribution in [3.63, 3.8) is 0 Å². The molecule has 0 aliphatic carbocycles. The molecule has 2 amide bonds. The van der Waals surface area contributed by atoms with E-state index in [4.69, 9.17) is 9.47 Å². The molecule has 0 unspecified atom stereocenters. The minimum atomic E-state index is -0.185. The number of likely N-dealkylation sites (tertiary alicyclic amines) is 1. The van der Waals surface area contributed by atoms with Gasteiger partial charge >= 0.3 is 0 Å². The maximum Gasteiger partial charge on any atom is 0.253 e. The Kier molecular flexibility index (Phi) is 7.71. The van der Waals surface area contributed by atoms with Crippen molar-refractivity contribution in [1.82, 2.24) is 10.2 Å². The van der Waals surface area contributed by atoms with Crippen LogP contribution >= 0.6 is 0 Å². The number of ether oxygens (including phenoxy) is 2. The molecular formula is C24H30N2O4. The molecule has 1 aliphatic heterocycles. The van der Waals surface area contributed by atoms with E-state index in [-0.39, 0.29) is 11.8 Å². The van der Waals surface area contributed by atoms with Crippen LogP contribution in [0.15, 0.2) is 42.5 Å². The van der Waals surface area contributed by atoms with Crippen LogP contribution in [0, 0.1) is 0 Å². The largest absolute Gasteiger partial charge is 0.490 e. The molecule has 0 aromatic heterocycles. The van der Waals surface area contributed by atoms with Gasteiger partial charge in [0.2, 0.25) is 0 Å². The molecule has 0 atom stereocenters. The molecular weight excluding hydrogens is 380 g/mol. The first-order valence-electron chi connectivity index (χ1n) is 10.7. The molecule has 6 heteroatoms. The second kappa shape index (κ2) is 10.7. The first-order valence-corrected chi connectivity index (χ1v) is 10.7. The minimum absolute atomic E-state index is 0.0805. The Morgan fingerprint density at radius 2 is 1.63 bits per heavy atom. The maximum atomic E-state index is 12.6. The molecule has 6 nitrogen and oxygen atoms in total. The molecule has 3 rings (SSSR count). The summed E-state index contributed by atoms with van der Waals surface area (Å²) in [6.45, 7) is 7.09. The van der Waals surface area contributed by atoms with Gasteiger partial charge in [-0.25, -0.2) is 0 Å². The average molecular weight is 411 g/mol. The molecule has 2 aromatic carbocycles. The zero-order valence-electron chi connectivity index (χ0n) is 17.8. The number of hydrogen-bond donors (Lipinski definition) is 1. The van der Waals surface area contributed by atoms with E-state index < -0.39 is 0 Å². The van der Waals surface area contributed by atoms with E-state index >= 15 is 0 Å². The van der Waals surface area contributed by atoms with Crippen molar-refractivity contribution in [3.8, 4) is 11.5 Å². The summed E-state index contributed by atoms with van der Waals surface area (Å²) >= 11 is 0. The molecule has 0 radical (unpaired) electrons. The van der Waals surface area contributed by atoms with E-state index in [9.17, 15) is 9.59 Å². The van der Waals surface area contributed by atoms with Crippen LogP contribution < -0.4 is 14.8 Å². The zero-order valence-corrected chi connectivity index (χ0v) is 17.8. The van der Waals surface area contributed by atoms with Gasteiger partial charge in [-0.15, -0.1) is 0 Å². The van der Waals surface area contributed by atoms with Gasteiger partial charge in [-0.2, -0.15) is 0 Å². The van der Waals surface area contributed by atoms with Gasteiger partial charge in [-0.05, 0) is 62.1 Å². The van der Waals surface area contributed by atoms with Crippen LogP contribution in [0.2, 0.25) is 0 Å². The smallest absolute Gasteiger partial charge is 0.253 e. The second-order valence-electron chi connectivity index (χ2n) is 7.32. The Hall–Kier alpha value is -3.02. The molecule has 1 aliphatic rings. The number of carbonyl (C=O) groups excluding carboxylic acids is 2. The highest BCUT2D eigenvalue weighted by Crippen LogP contribution is 2.28. The Labute approximate surface area is 178 Å². The topological polar surface area (TPSA) is 67.9 Å². The van der Waals surface area contributed by atoms with Gasteiger partial charge in [0.25, 0.3) is 11.8 Å². The molecule has 30 heavy (non-hydrogen) atoms. The van der Waals surface area contributed by atoms with Crippen molar-refractivity contribution in [2.45, 2.75) is 39.7 Å². The molecule has 160 valence electrons. The third-order valence-corrected chi connectivity index (χ3v) is 5.01. The Bertz CT molecular complexity index is 858. The molecule has 1 fully saturated rings. The molecule has 0 bridgehead atoms. The van der Waals surface area contributed by atoms with Gasteiger partial charge in [0.1, 0.15) is 0 Å². The molecule has 2 aromatic rings. The van der Waals surface area contributed by atoms with E-state index in [1.54, 1.807) is 18.2 Å². The summed E-state index contributed by atoms with van der Waals surface area (Å²) < 4.78 is 11.3. The van der Waals surface area contributed by atoms with Gasteiger partial charge in [-0.3, -0.25) is 9.59 Å². The first-order chi connectivity index (χ1) is 14.6. The third-order valence-electron chi connectivity index (χ3n) is 5.01. The summed E-state index contributed by atoms with van der Waals surface area (Å²) in [5.74, 6) is 1.11. The van der Waals surface area contributed by atoms with Gasteiger partial charge in [0.15, 0.2) is 11.5 Å². The van der Waals surface area contributed by atoms with E-state index in [0.717, 1.165) is 37.9 Å². The lowest BCUT2D eigenvalue weighted by molar-refractivity contribution is 0.0792. The highest BCUT2D eigenvalue weighted by molar-refractivity contribution is 5.95. The van der Waals surface area contributed by atoms with Crippen LogP contribution in [0.4, 0.5) is 0 Å². The van der Waals surface area contributed by atoms with Gasteiger partial charge in [-0.1, -0.05) is 19.1 Å². The second-order valence-corrected chi connectivity index (χ2v) is 7.32. The van der Waals surface area contributed by atoms with Crippen molar-refractivity contribution >= 4 is 11.8 Å². The number of amides is 2. The summed E-state index contributed by atoms with van der Waals surface area (Å²) in [6, 6.07) is 12.6. The van der Waals surface area contributed by atoms with Gasteiger partial charge < -0.3 is 19.7 Å². The third kappa shape index (κ3) is 5.53. The Morgan fingerprint density at radius 3 is 2.30 bits per heavy atom. The monoisotopic (exact) mass is 410 g/mol. The summed E-state index contributed by atoms with van der Waals surface area (Å²) in [5, 5.41) is 2.92. The number of rotatable bonds is 9. The van der Waals surface area contributed by atoms with Crippen LogP contribution in [-0.2, 0) is 6.54 Å². The molecule has 0 saturated carbocycles. The minimum Gasteiger partial charge on any atom is -0.490 e. The summed E-state index contributed by atoms with van der Waals surface area (Å²) in [5.41, 5.74) is 2.15. The van der Waals surface area contributed by atoms with Crippen LogP contribution in [0.1, 0.15) is 59.4 Å². The van der Waals surface area contributed by atoms with Crippen LogP contribution in [0.5, 0.6) is 11.5 Å². The van der Waals surface area contributed by atoms with Crippen LogP contribution in [-0.4, -0.2) is 43.0 Å². The highest BCUT2D eigenvalue weighted by atomic mass is 16.5. The van der Waals surface area contributed by atoms with Crippen molar-refractivity contribution in [2.24, 2.45) is 0 Å². The van der Waals surface area contributed by atoms with Crippen LogP contribution in [0.3, 0.4) is 0 Å². The van der Waals surface area contributed by atoms with E-state index in [1.807, 2.05) is 43.0 Å². The fraction of sp³-hybridized carbons (Fsp3) is 0.417. The number of carbonyl (C=O) groups is 2. The van der Waals surface area contributed by atoms with Gasteiger partial charge in [0.05, 0.1) is 13.2 Å². The molecule has 1 heterocycles. The Balaban J connectivity index is 1.59. The quantitative estimate of drug-likeness (QED) is 0.677. The van der Waals surface area contributed by atoms with Crippen molar-refractivity contribution < 1.29 is 19.1 Å². The standard InChI is InChI=1S/C24H30N2O4/c1-3-15-30-21-12-11-20(16-22(21)29-4-2)23(27)25-17-18-7-9-19(10-8-18)24(28)26-13-5-6-14-26/h7-12,16H,3-6,13-15,17H2,1-2H3,(H,25,27). The lowest BCUT2D eigenvalue weighted by Crippen LogP contribution is -2.27. The van der Waals surface area contributed by atoms with E-state index in [0.29, 0.717) is 42.4 Å². The van der Waals surface area contributed by atoms with Crippen molar-refractivity contribution in [1.29, 1.82) is 0 Å². The lowest BCUT2D eigenvalue weighted by Gasteiger charge is -2.15. The Morgan fingerprint density at radius 1 is 0.933 bits per heavy atom. The molecule has 0 spiro atoms. The lowest BCUT2D eigenvalue weighted by atomic mass is 10.1. The molecule has 1 N–H and O–H groups in total. The zero-order chi connectivity index (χ0) is 21.3. The maximum absolute atomic E-state index is 12.6. The SMILES string of the molecule is CCCOc1ccc(C(=O)NCc2ccc(C(=O)N3CCCC3)cc2)cc1OCC. The van der Waals surface area contributed by atoms with E-state index in [1.165, 1.54) is 0 Å². The first kappa shape index (κ1) is 21.7. The van der Waals surface area contributed by atoms with E-state index in [2.05, 4.69) is 5.32 Å². The number of benzene rings is 2. The summed E-state index contributed by atoms with van der Waals surface area (Å²) in [4.78, 5) is 26.9. The fourth-order valence-electron chi connectivity index (χ4n) is 3.40. The number of hydrogen-bond acceptors (Lipinski definition) is 4. The predicted octanol–water partition coefficient (Wildman–Crippen LogP) is 4.04. The normalized spacial score (nSPS) is 13.2. The number of nitrogens with one attached hydrogen (secondary N) is 1. The molecule has 1 saturated heterocycles. The highest BCUT2D eigenvalue weighted by Gasteiger charge is 2.19. The summed E-state index contributed by atoms with van der Waals surface area (Å²) in [6.07, 6.45) is 3.05. The number of nitrogens with zero attached hydrogens (tertiary/aromatic N) is 1. The van der Waals surface area contributed by atoms with Gasteiger partial charge in [0, 0.05) is 30.8 Å². The fourth-order valence-corrected chi connectivity index (χ4v) is 3.40. The average Bonchev–Trinajstić information content (AvgIpc) is 3.31. The van der Waals surface area contributed by atoms with Crippen molar-refractivity contribution in [2.75, 3.05) is 26.3 Å². The predicted molar refractivity (Wildman–Crippen MR) is 116 cm³/mol. The summed E-state index contributed by atoms with van der Waals surface area (Å²) in [7, 11) is 0.